The van der Waals surface area contributed by atoms with Crippen LogP contribution >= 0.6 is 11.3 Å². The Balaban J connectivity index is 2.04. The normalized spacial score (nSPS) is 17.2. The Morgan fingerprint density at radius 3 is 2.53 bits per heavy atom. The Kier molecular flexibility index (Phi) is 3.37. The average molecular weight is 276 g/mol. The molecule has 0 radical (unpaired) electrons. The van der Waals surface area contributed by atoms with Crippen LogP contribution in [0.3, 0.4) is 0 Å². The smallest absolute Gasteiger partial charge is 0.123 e. The maximum atomic E-state index is 13.0. The first kappa shape index (κ1) is 12.8. The van der Waals surface area contributed by atoms with Gasteiger partial charge in [-0.05, 0) is 37.5 Å². The van der Waals surface area contributed by atoms with Crippen molar-refractivity contribution in [3.05, 3.63) is 40.8 Å². The summed E-state index contributed by atoms with van der Waals surface area (Å²) in [5.74, 6) is 0.356. The van der Waals surface area contributed by atoms with Gasteiger partial charge >= 0.3 is 0 Å². The molecule has 2 aromatic rings. The number of aromatic nitrogens is 1. The number of nitrogens with zero attached hydrogens (tertiary/aromatic N) is 1. The Labute approximate surface area is 116 Å². The summed E-state index contributed by atoms with van der Waals surface area (Å²) < 4.78 is 13.0. The second-order valence-electron chi connectivity index (χ2n) is 5.19. The molecule has 1 aliphatic carbocycles. The number of hydrogen-bond acceptors (Lipinski definition) is 3. The monoisotopic (exact) mass is 276 g/mol. The van der Waals surface area contributed by atoms with E-state index in [9.17, 15) is 4.39 Å². The van der Waals surface area contributed by atoms with E-state index in [1.807, 2.05) is 19.1 Å². The van der Waals surface area contributed by atoms with Crippen molar-refractivity contribution in [1.82, 2.24) is 4.98 Å². The van der Waals surface area contributed by atoms with Crippen molar-refractivity contribution < 1.29 is 4.39 Å². The minimum atomic E-state index is -0.203. The van der Waals surface area contributed by atoms with Crippen molar-refractivity contribution in [2.45, 2.75) is 38.1 Å². The maximum Gasteiger partial charge on any atom is 0.123 e. The summed E-state index contributed by atoms with van der Waals surface area (Å²) in [5.41, 5.74) is 8.16. The fourth-order valence-corrected chi connectivity index (χ4v) is 3.42. The van der Waals surface area contributed by atoms with E-state index in [2.05, 4.69) is 0 Å². The molecule has 0 spiro atoms. The second kappa shape index (κ2) is 5.02. The van der Waals surface area contributed by atoms with Crippen molar-refractivity contribution in [2.75, 3.05) is 0 Å². The molecule has 0 saturated heterocycles. The van der Waals surface area contributed by atoms with E-state index in [0.29, 0.717) is 5.92 Å². The van der Waals surface area contributed by atoms with Crippen LogP contribution in [0.25, 0.3) is 10.4 Å². The van der Waals surface area contributed by atoms with E-state index in [1.165, 1.54) is 31.4 Å². The molecule has 1 aromatic heterocycles. The third-order valence-corrected chi connectivity index (χ3v) is 4.98. The molecule has 0 amide bonds. The first-order valence-electron chi connectivity index (χ1n) is 6.67. The number of benzene rings is 1. The number of hydrogen-bond donors (Lipinski definition) is 1. The highest BCUT2D eigenvalue weighted by molar-refractivity contribution is 7.15. The number of thiazole rings is 1. The van der Waals surface area contributed by atoms with E-state index in [0.717, 1.165) is 21.1 Å². The van der Waals surface area contributed by atoms with Crippen molar-refractivity contribution in [3.8, 4) is 10.4 Å². The molecule has 3 rings (SSSR count). The molecular weight excluding hydrogens is 259 g/mol. The Morgan fingerprint density at radius 2 is 2.00 bits per heavy atom. The fraction of sp³-hybridized carbons (Fsp3) is 0.400. The maximum absolute atomic E-state index is 13.0. The SMILES string of the molecule is CC(N)c1nc(C2CCC2)c(-c2ccc(F)cc2)s1. The summed E-state index contributed by atoms with van der Waals surface area (Å²) in [5, 5.41) is 0.973. The minimum Gasteiger partial charge on any atom is -0.322 e. The van der Waals surface area contributed by atoms with Gasteiger partial charge in [-0.2, -0.15) is 0 Å². The summed E-state index contributed by atoms with van der Waals surface area (Å²) in [6, 6.07) is 6.63. The van der Waals surface area contributed by atoms with Crippen LogP contribution in [0.2, 0.25) is 0 Å². The van der Waals surface area contributed by atoms with Gasteiger partial charge in [-0.15, -0.1) is 11.3 Å². The van der Waals surface area contributed by atoms with Gasteiger partial charge in [0, 0.05) is 5.92 Å². The molecule has 100 valence electrons. The molecular formula is C15H17FN2S. The third-order valence-electron chi connectivity index (χ3n) is 3.66. The largest absolute Gasteiger partial charge is 0.322 e. The van der Waals surface area contributed by atoms with Crippen LogP contribution in [0, 0.1) is 5.82 Å². The number of halogens is 1. The summed E-state index contributed by atoms with van der Waals surface area (Å²) in [7, 11) is 0. The van der Waals surface area contributed by atoms with E-state index in [4.69, 9.17) is 10.7 Å². The molecule has 19 heavy (non-hydrogen) atoms. The zero-order valence-corrected chi connectivity index (χ0v) is 11.7. The molecule has 1 fully saturated rings. The summed E-state index contributed by atoms with van der Waals surface area (Å²) in [6.45, 7) is 1.96. The van der Waals surface area contributed by atoms with Crippen LogP contribution in [0.4, 0.5) is 4.39 Å². The lowest BCUT2D eigenvalue weighted by molar-refractivity contribution is 0.412. The lowest BCUT2D eigenvalue weighted by Crippen LogP contribution is -2.11. The van der Waals surface area contributed by atoms with Crippen molar-refractivity contribution in [3.63, 3.8) is 0 Å². The van der Waals surface area contributed by atoms with Crippen LogP contribution in [0.5, 0.6) is 0 Å². The van der Waals surface area contributed by atoms with Gasteiger partial charge < -0.3 is 5.73 Å². The van der Waals surface area contributed by atoms with Crippen LogP contribution in [-0.4, -0.2) is 4.98 Å². The molecule has 1 aromatic carbocycles. The molecule has 1 unspecified atom stereocenters. The van der Waals surface area contributed by atoms with Crippen molar-refractivity contribution in [2.24, 2.45) is 5.73 Å². The van der Waals surface area contributed by atoms with Crippen molar-refractivity contribution >= 4 is 11.3 Å². The van der Waals surface area contributed by atoms with Gasteiger partial charge in [0.25, 0.3) is 0 Å². The molecule has 2 N–H and O–H groups in total. The van der Waals surface area contributed by atoms with E-state index in [1.54, 1.807) is 11.3 Å². The minimum absolute atomic E-state index is 0.0435. The lowest BCUT2D eigenvalue weighted by Gasteiger charge is -2.24. The topological polar surface area (TPSA) is 38.9 Å². The molecule has 0 aliphatic heterocycles. The third kappa shape index (κ3) is 2.42. The Morgan fingerprint density at radius 1 is 1.32 bits per heavy atom. The average Bonchev–Trinajstić information content (AvgIpc) is 2.73. The molecule has 1 heterocycles. The second-order valence-corrected chi connectivity index (χ2v) is 6.22. The number of rotatable bonds is 3. The zero-order chi connectivity index (χ0) is 13.4. The van der Waals surface area contributed by atoms with Gasteiger partial charge in [-0.1, -0.05) is 18.6 Å². The highest BCUT2D eigenvalue weighted by atomic mass is 32.1. The zero-order valence-electron chi connectivity index (χ0n) is 10.9. The van der Waals surface area contributed by atoms with Gasteiger partial charge in [0.15, 0.2) is 0 Å². The van der Waals surface area contributed by atoms with Gasteiger partial charge in [0.2, 0.25) is 0 Å². The van der Waals surface area contributed by atoms with Crippen LogP contribution < -0.4 is 5.73 Å². The molecule has 4 heteroatoms. The molecule has 1 aliphatic rings. The summed E-state index contributed by atoms with van der Waals surface area (Å²) in [4.78, 5) is 5.89. The van der Waals surface area contributed by atoms with Crippen LogP contribution in [-0.2, 0) is 0 Å². The van der Waals surface area contributed by atoms with Gasteiger partial charge in [-0.25, -0.2) is 9.37 Å². The van der Waals surface area contributed by atoms with E-state index >= 15 is 0 Å². The summed E-state index contributed by atoms with van der Waals surface area (Å²) >= 11 is 1.65. The quantitative estimate of drug-likeness (QED) is 0.910. The first-order chi connectivity index (χ1) is 9.15. The van der Waals surface area contributed by atoms with Gasteiger partial charge in [0.1, 0.15) is 10.8 Å². The predicted molar refractivity (Wildman–Crippen MR) is 76.7 cm³/mol. The van der Waals surface area contributed by atoms with Crippen LogP contribution in [0.1, 0.15) is 48.8 Å². The van der Waals surface area contributed by atoms with Crippen molar-refractivity contribution in [1.29, 1.82) is 0 Å². The number of nitrogens with two attached hydrogens (primary N) is 1. The standard InChI is InChI=1S/C15H17FN2S/c1-9(17)15-18-13(10-3-2-4-10)14(19-15)11-5-7-12(16)8-6-11/h5-10H,2-4,17H2,1H3. The lowest BCUT2D eigenvalue weighted by atomic mass is 9.82. The van der Waals surface area contributed by atoms with Gasteiger partial charge in [-0.3, -0.25) is 0 Å². The highest BCUT2D eigenvalue weighted by Crippen LogP contribution is 2.43. The van der Waals surface area contributed by atoms with Gasteiger partial charge in [0.05, 0.1) is 16.6 Å². The van der Waals surface area contributed by atoms with E-state index < -0.39 is 0 Å². The first-order valence-corrected chi connectivity index (χ1v) is 7.49. The molecule has 1 saturated carbocycles. The molecule has 0 bridgehead atoms. The summed E-state index contributed by atoms with van der Waals surface area (Å²) in [6.07, 6.45) is 3.69. The Hall–Kier alpha value is -1.26. The fourth-order valence-electron chi connectivity index (χ4n) is 2.31. The molecule has 2 nitrogen and oxygen atoms in total. The van der Waals surface area contributed by atoms with E-state index in [-0.39, 0.29) is 11.9 Å². The predicted octanol–water partition coefficient (Wildman–Crippen LogP) is 4.24. The molecule has 1 atom stereocenters. The van der Waals surface area contributed by atoms with Crippen LogP contribution in [0.15, 0.2) is 24.3 Å². The Bertz CT molecular complexity index is 570. The highest BCUT2D eigenvalue weighted by Gasteiger charge is 2.27.